The third kappa shape index (κ3) is 7.83. The normalized spacial score (nSPS) is 11.6. The molecule has 6 nitrogen and oxygen atoms in total. The van der Waals surface area contributed by atoms with Gasteiger partial charge in [0.1, 0.15) is 12.6 Å². The molecule has 164 valence electrons. The Labute approximate surface area is 187 Å². The van der Waals surface area contributed by atoms with E-state index in [0.29, 0.717) is 22.9 Å². The number of benzene rings is 2. The lowest BCUT2D eigenvalue weighted by Crippen LogP contribution is -2.42. The van der Waals surface area contributed by atoms with Gasteiger partial charge in [-0.05, 0) is 47.9 Å². The zero-order chi connectivity index (χ0) is 22.6. The summed E-state index contributed by atoms with van der Waals surface area (Å²) >= 11 is 5.87. The number of rotatable bonds is 11. The number of allylic oxidation sites excluding steroid dienone is 1. The van der Waals surface area contributed by atoms with Crippen LogP contribution in [0.25, 0.3) is 0 Å². The quantitative estimate of drug-likeness (QED) is 0.324. The van der Waals surface area contributed by atoms with E-state index in [0.717, 1.165) is 11.1 Å². The molecule has 0 aromatic heterocycles. The minimum Gasteiger partial charge on any atom is -0.493 e. The van der Waals surface area contributed by atoms with Gasteiger partial charge in [-0.2, -0.15) is 0 Å². The van der Waals surface area contributed by atoms with Crippen LogP contribution in [0.3, 0.4) is 0 Å². The molecule has 7 heteroatoms. The summed E-state index contributed by atoms with van der Waals surface area (Å²) in [5.41, 5.74) is 1.80. The van der Waals surface area contributed by atoms with Gasteiger partial charge in [0.05, 0.1) is 14.2 Å². The maximum atomic E-state index is 12.5. The molecule has 1 atom stereocenters. The number of hydrogen-bond donors (Lipinski definition) is 1. The second-order valence-electron chi connectivity index (χ2n) is 6.61. The minimum atomic E-state index is -0.870. The van der Waals surface area contributed by atoms with E-state index in [2.05, 4.69) is 11.9 Å². The fourth-order valence-corrected chi connectivity index (χ4v) is 2.95. The summed E-state index contributed by atoms with van der Waals surface area (Å²) in [4.78, 5) is 24.9. The second-order valence-corrected chi connectivity index (χ2v) is 7.04. The molecular formula is C24H26ClNO5. The molecule has 31 heavy (non-hydrogen) atoms. The van der Waals surface area contributed by atoms with Crippen LogP contribution in [0, 0.1) is 0 Å². The van der Waals surface area contributed by atoms with Crippen molar-refractivity contribution < 1.29 is 23.8 Å². The third-order valence-corrected chi connectivity index (χ3v) is 4.62. The van der Waals surface area contributed by atoms with Crippen molar-refractivity contribution in [3.05, 3.63) is 83.4 Å². The number of halogens is 1. The van der Waals surface area contributed by atoms with Crippen LogP contribution in [-0.4, -0.2) is 38.7 Å². The highest BCUT2D eigenvalue weighted by Crippen LogP contribution is 2.28. The molecule has 0 bridgehead atoms. The van der Waals surface area contributed by atoms with Crippen LogP contribution < -0.4 is 14.8 Å². The van der Waals surface area contributed by atoms with E-state index in [4.69, 9.17) is 25.8 Å². The lowest BCUT2D eigenvalue weighted by atomic mass is 10.0. The highest BCUT2D eigenvalue weighted by atomic mass is 35.5. The largest absolute Gasteiger partial charge is 0.493 e. The molecule has 1 amide bonds. The molecule has 0 aliphatic carbocycles. The lowest BCUT2D eigenvalue weighted by Gasteiger charge is -2.17. The molecule has 1 N–H and O–H groups in total. The highest BCUT2D eigenvalue weighted by molar-refractivity contribution is 6.30. The molecule has 2 rings (SSSR count). The van der Waals surface area contributed by atoms with E-state index in [-0.39, 0.29) is 13.0 Å². The van der Waals surface area contributed by atoms with Gasteiger partial charge in [-0.3, -0.25) is 4.79 Å². The third-order valence-electron chi connectivity index (χ3n) is 4.37. The number of carbonyl (C=O) groups excluding carboxylic acids is 2. The molecule has 2 aromatic carbocycles. The van der Waals surface area contributed by atoms with Gasteiger partial charge in [0.15, 0.2) is 11.5 Å². The van der Waals surface area contributed by atoms with E-state index in [9.17, 15) is 9.59 Å². The van der Waals surface area contributed by atoms with Gasteiger partial charge in [-0.25, -0.2) is 4.79 Å². The van der Waals surface area contributed by atoms with Crippen LogP contribution in [0.4, 0.5) is 0 Å². The Balaban J connectivity index is 2.07. The number of amides is 1. The van der Waals surface area contributed by atoms with Crippen LogP contribution in [0.2, 0.25) is 5.02 Å². The van der Waals surface area contributed by atoms with Crippen molar-refractivity contribution >= 4 is 23.5 Å². The standard InChI is InChI=1S/C24H26ClNO5/c1-4-14-31-24(28)20(15-18-10-13-21(29-2)22(16-18)30-3)26-23(27)7-5-6-17-8-11-19(25)12-9-17/h4-5,7-13,16,20H,1,6,14-15H2,2-3H3,(H,26,27)/b7-5+. The fraction of sp³-hybridized carbons (Fsp3) is 0.250. The summed E-state index contributed by atoms with van der Waals surface area (Å²) < 4.78 is 15.7. The number of esters is 1. The highest BCUT2D eigenvalue weighted by Gasteiger charge is 2.22. The zero-order valence-electron chi connectivity index (χ0n) is 17.6. The van der Waals surface area contributed by atoms with E-state index in [1.54, 1.807) is 43.5 Å². The molecule has 0 aliphatic heterocycles. The summed E-state index contributed by atoms with van der Waals surface area (Å²) in [7, 11) is 3.08. The Morgan fingerprint density at radius 3 is 2.39 bits per heavy atom. The smallest absolute Gasteiger partial charge is 0.329 e. The van der Waals surface area contributed by atoms with E-state index < -0.39 is 17.9 Å². The SMILES string of the molecule is C=CCOC(=O)C(Cc1ccc(OC)c(OC)c1)NC(=O)/C=C/Cc1ccc(Cl)cc1. The number of carbonyl (C=O) groups is 2. The van der Waals surface area contributed by atoms with Crippen molar-refractivity contribution in [2.75, 3.05) is 20.8 Å². The van der Waals surface area contributed by atoms with Crippen molar-refractivity contribution in [1.29, 1.82) is 0 Å². The van der Waals surface area contributed by atoms with Crippen LogP contribution >= 0.6 is 11.6 Å². The lowest BCUT2D eigenvalue weighted by molar-refractivity contribution is -0.146. The predicted molar refractivity (Wildman–Crippen MR) is 121 cm³/mol. The first kappa shape index (κ1) is 24.0. The van der Waals surface area contributed by atoms with E-state index in [1.807, 2.05) is 12.1 Å². The Morgan fingerprint density at radius 1 is 1.06 bits per heavy atom. The number of hydrogen-bond acceptors (Lipinski definition) is 5. The van der Waals surface area contributed by atoms with Gasteiger partial charge in [0.2, 0.25) is 5.91 Å². The average molecular weight is 444 g/mol. The molecule has 0 fully saturated rings. The molecule has 0 radical (unpaired) electrons. The van der Waals surface area contributed by atoms with Gasteiger partial charge >= 0.3 is 5.97 Å². The van der Waals surface area contributed by atoms with E-state index in [1.165, 1.54) is 19.3 Å². The molecule has 2 aromatic rings. The minimum absolute atomic E-state index is 0.0591. The Morgan fingerprint density at radius 2 is 1.74 bits per heavy atom. The first-order valence-electron chi connectivity index (χ1n) is 9.66. The van der Waals surface area contributed by atoms with Crippen LogP contribution in [0.5, 0.6) is 11.5 Å². The average Bonchev–Trinajstić information content (AvgIpc) is 2.78. The van der Waals surface area contributed by atoms with Crippen molar-refractivity contribution in [1.82, 2.24) is 5.32 Å². The maximum Gasteiger partial charge on any atom is 0.329 e. The van der Waals surface area contributed by atoms with Gasteiger partial charge in [0, 0.05) is 11.4 Å². The summed E-state index contributed by atoms with van der Waals surface area (Å²) in [6.45, 7) is 3.60. The molecule has 0 saturated heterocycles. The monoisotopic (exact) mass is 443 g/mol. The zero-order valence-corrected chi connectivity index (χ0v) is 18.4. The van der Waals surface area contributed by atoms with Crippen molar-refractivity contribution in [2.24, 2.45) is 0 Å². The van der Waals surface area contributed by atoms with Gasteiger partial charge in [-0.1, -0.05) is 48.5 Å². The Kier molecular flexibility index (Phi) is 9.65. The van der Waals surface area contributed by atoms with Crippen molar-refractivity contribution in [3.63, 3.8) is 0 Å². The van der Waals surface area contributed by atoms with Crippen LogP contribution in [-0.2, 0) is 27.2 Å². The number of ether oxygens (including phenoxy) is 3. The molecule has 0 spiro atoms. The Bertz CT molecular complexity index is 924. The maximum absolute atomic E-state index is 12.5. The molecule has 0 aliphatic rings. The first-order valence-corrected chi connectivity index (χ1v) is 10.0. The predicted octanol–water partition coefficient (Wildman–Crippen LogP) is 3.91. The van der Waals surface area contributed by atoms with Gasteiger partial charge in [-0.15, -0.1) is 0 Å². The summed E-state index contributed by atoms with van der Waals surface area (Å²) in [5, 5.41) is 3.36. The van der Waals surface area contributed by atoms with E-state index >= 15 is 0 Å². The van der Waals surface area contributed by atoms with Crippen molar-refractivity contribution in [2.45, 2.75) is 18.9 Å². The molecule has 0 saturated carbocycles. The van der Waals surface area contributed by atoms with Gasteiger partial charge in [0.25, 0.3) is 0 Å². The Hall–Kier alpha value is -3.25. The molecule has 1 unspecified atom stereocenters. The summed E-state index contributed by atoms with van der Waals surface area (Å²) in [5.74, 6) is 0.169. The molecule has 0 heterocycles. The number of methoxy groups -OCH3 is 2. The first-order chi connectivity index (χ1) is 15.0. The van der Waals surface area contributed by atoms with Crippen LogP contribution in [0.1, 0.15) is 11.1 Å². The summed E-state index contributed by atoms with van der Waals surface area (Å²) in [6.07, 6.45) is 5.39. The molecular weight excluding hydrogens is 418 g/mol. The van der Waals surface area contributed by atoms with Gasteiger partial charge < -0.3 is 19.5 Å². The topological polar surface area (TPSA) is 73.9 Å². The fourth-order valence-electron chi connectivity index (χ4n) is 2.82. The van der Waals surface area contributed by atoms with Crippen molar-refractivity contribution in [3.8, 4) is 11.5 Å². The second kappa shape index (κ2) is 12.4. The number of nitrogens with one attached hydrogen (secondary N) is 1. The van der Waals surface area contributed by atoms with Crippen LogP contribution in [0.15, 0.2) is 67.3 Å². The summed E-state index contributed by atoms with van der Waals surface area (Å²) in [6, 6.07) is 11.8.